The van der Waals surface area contributed by atoms with Crippen molar-refractivity contribution < 1.29 is 13.5 Å². The van der Waals surface area contributed by atoms with E-state index in [-0.39, 0.29) is 11.7 Å². The first-order valence-electron chi connectivity index (χ1n) is 11.4. The van der Waals surface area contributed by atoms with Crippen LogP contribution in [0.2, 0.25) is 0 Å². The molecule has 6 heterocycles. The van der Waals surface area contributed by atoms with Crippen LogP contribution in [0.15, 0.2) is 35.5 Å². The third-order valence-corrected chi connectivity index (χ3v) is 6.84. The van der Waals surface area contributed by atoms with Crippen molar-refractivity contribution in [1.29, 1.82) is 0 Å². The molecule has 1 fully saturated rings. The Morgan fingerprint density at radius 3 is 2.69 bits per heavy atom. The molecule has 0 saturated carbocycles. The number of alkyl halides is 2. The number of hydrogen-bond acceptors (Lipinski definition) is 7. The number of fused-ring (bicyclic) bond motifs is 2. The predicted octanol–water partition coefficient (Wildman–Crippen LogP) is 3.04. The molecule has 4 aromatic heterocycles. The zero-order valence-corrected chi connectivity index (χ0v) is 19.3. The third-order valence-electron chi connectivity index (χ3n) is 6.84. The molecule has 4 aromatic rings. The molecule has 0 aliphatic carbocycles. The van der Waals surface area contributed by atoms with E-state index in [9.17, 15) is 13.6 Å². The van der Waals surface area contributed by atoms with Crippen LogP contribution in [0.1, 0.15) is 40.5 Å². The number of anilines is 1. The predicted molar refractivity (Wildman–Crippen MR) is 124 cm³/mol. The summed E-state index contributed by atoms with van der Waals surface area (Å²) in [5.74, 6) is 0.637. The van der Waals surface area contributed by atoms with Crippen LogP contribution in [0.3, 0.4) is 0 Å². The lowest BCUT2D eigenvalue weighted by Gasteiger charge is -2.31. The van der Waals surface area contributed by atoms with Gasteiger partial charge in [0.1, 0.15) is 5.69 Å². The lowest BCUT2D eigenvalue weighted by Crippen LogP contribution is -2.34. The Morgan fingerprint density at radius 1 is 1.11 bits per heavy atom. The van der Waals surface area contributed by atoms with Gasteiger partial charge in [-0.2, -0.15) is 9.61 Å². The molecular weight excluding hydrogens is 456 g/mol. The first-order valence-corrected chi connectivity index (χ1v) is 11.4. The molecule has 0 amide bonds. The molecule has 0 bridgehead atoms. The first-order chi connectivity index (χ1) is 16.9. The second-order valence-electron chi connectivity index (χ2n) is 9.03. The zero-order chi connectivity index (χ0) is 24.3. The van der Waals surface area contributed by atoms with Gasteiger partial charge in [0, 0.05) is 65.9 Å². The fourth-order valence-corrected chi connectivity index (χ4v) is 4.58. The second-order valence-corrected chi connectivity index (χ2v) is 9.03. The highest BCUT2D eigenvalue weighted by Crippen LogP contribution is 2.30. The molecule has 2 aliphatic rings. The minimum absolute atomic E-state index is 0.157. The summed E-state index contributed by atoms with van der Waals surface area (Å²) in [7, 11) is 0. The van der Waals surface area contributed by atoms with E-state index in [1.165, 1.54) is 0 Å². The third kappa shape index (κ3) is 3.66. The van der Waals surface area contributed by atoms with Crippen LogP contribution in [-0.2, 0) is 17.7 Å². The molecule has 0 atom stereocenters. The Labute approximate surface area is 199 Å². The number of hydrogen-bond donors (Lipinski definition) is 0. The maximum atomic E-state index is 13.2. The van der Waals surface area contributed by atoms with E-state index in [2.05, 4.69) is 26.1 Å². The fourth-order valence-electron chi connectivity index (χ4n) is 4.58. The van der Waals surface area contributed by atoms with Crippen molar-refractivity contribution in [2.45, 2.75) is 39.3 Å². The quantitative estimate of drug-likeness (QED) is 0.444. The molecule has 0 radical (unpaired) electrons. The highest BCUT2D eigenvalue weighted by Gasteiger charge is 2.25. The molecule has 0 spiro atoms. The van der Waals surface area contributed by atoms with Gasteiger partial charge in [-0.25, -0.2) is 13.8 Å². The monoisotopic (exact) mass is 479 g/mol. The molecule has 6 rings (SSSR count). The highest BCUT2D eigenvalue weighted by molar-refractivity contribution is 5.64. The zero-order valence-electron chi connectivity index (χ0n) is 19.3. The summed E-state index contributed by atoms with van der Waals surface area (Å²) in [6.45, 7) is 6.25. The van der Waals surface area contributed by atoms with Gasteiger partial charge < -0.3 is 9.64 Å². The van der Waals surface area contributed by atoms with Gasteiger partial charge in [-0.15, -0.1) is 5.10 Å². The molecular formula is C24H23F2N7O2. The van der Waals surface area contributed by atoms with Gasteiger partial charge in [0.25, 0.3) is 12.0 Å². The van der Waals surface area contributed by atoms with Gasteiger partial charge in [-0.1, -0.05) is 0 Å². The fraction of sp³-hybridized carbons (Fsp3) is 0.375. The van der Waals surface area contributed by atoms with Crippen molar-refractivity contribution >= 4 is 11.5 Å². The van der Waals surface area contributed by atoms with Crippen LogP contribution >= 0.6 is 0 Å². The largest absolute Gasteiger partial charge is 0.377 e. The molecule has 11 heteroatoms. The van der Waals surface area contributed by atoms with Gasteiger partial charge in [0.2, 0.25) is 0 Å². The lowest BCUT2D eigenvalue weighted by atomic mass is 10.0. The number of rotatable bonds is 4. The van der Waals surface area contributed by atoms with E-state index >= 15 is 0 Å². The van der Waals surface area contributed by atoms with Crippen molar-refractivity contribution in [1.82, 2.24) is 29.4 Å². The molecule has 0 unspecified atom stereocenters. The minimum Gasteiger partial charge on any atom is -0.377 e. The summed E-state index contributed by atoms with van der Waals surface area (Å²) in [5.41, 5.74) is 4.54. The summed E-state index contributed by atoms with van der Waals surface area (Å²) in [6.07, 6.45) is 3.64. The maximum absolute atomic E-state index is 13.2. The van der Waals surface area contributed by atoms with Gasteiger partial charge in [0.05, 0.1) is 25.5 Å². The number of halogens is 2. The summed E-state index contributed by atoms with van der Waals surface area (Å²) >= 11 is 0. The first kappa shape index (κ1) is 21.8. The van der Waals surface area contributed by atoms with Crippen molar-refractivity contribution in [3.63, 3.8) is 0 Å². The molecule has 35 heavy (non-hydrogen) atoms. The maximum Gasteiger partial charge on any atom is 0.280 e. The Morgan fingerprint density at radius 2 is 1.94 bits per heavy atom. The standard InChI is InChI=1S/C24H23F2N7O2/c1-13-14(2)24(30-33-21(34)6-20(22(25)26)29-23(13)33)31-4-3-19-16(9-31)5-15(7-27-19)17-8-28-32(10-17)18-11-35-12-18/h5-8,10,18,22H,3-4,9,11-12H2,1-2H3. The van der Waals surface area contributed by atoms with E-state index in [0.29, 0.717) is 37.7 Å². The minimum atomic E-state index is -2.82. The lowest BCUT2D eigenvalue weighted by molar-refractivity contribution is -0.0286. The van der Waals surface area contributed by atoms with Crippen molar-refractivity contribution in [3.05, 3.63) is 69.2 Å². The van der Waals surface area contributed by atoms with E-state index in [1.807, 2.05) is 30.2 Å². The van der Waals surface area contributed by atoms with Crippen LogP contribution in [0.5, 0.6) is 0 Å². The van der Waals surface area contributed by atoms with Crippen LogP contribution in [0, 0.1) is 13.8 Å². The number of ether oxygens (including phenoxy) is 1. The number of nitrogens with zero attached hydrogens (tertiary/aromatic N) is 7. The molecule has 0 N–H and O–H groups in total. The van der Waals surface area contributed by atoms with Crippen LogP contribution in [0.25, 0.3) is 16.8 Å². The van der Waals surface area contributed by atoms with E-state index < -0.39 is 17.7 Å². The van der Waals surface area contributed by atoms with E-state index in [0.717, 1.165) is 45.0 Å². The SMILES string of the molecule is Cc1c(N2CCc3ncc(-c4cnn(C5COC5)c4)cc3C2)nn2c(=O)cc(C(F)F)nc2c1C. The van der Waals surface area contributed by atoms with E-state index in [4.69, 9.17) is 9.72 Å². The Balaban J connectivity index is 1.34. The van der Waals surface area contributed by atoms with Crippen LogP contribution in [0.4, 0.5) is 14.6 Å². The van der Waals surface area contributed by atoms with Crippen LogP contribution < -0.4 is 10.5 Å². The normalized spacial score (nSPS) is 16.1. The van der Waals surface area contributed by atoms with Gasteiger partial charge in [0.15, 0.2) is 11.5 Å². The van der Waals surface area contributed by atoms with Gasteiger partial charge >= 0.3 is 0 Å². The summed E-state index contributed by atoms with van der Waals surface area (Å²) < 4.78 is 34.7. The Bertz CT molecular complexity index is 1510. The molecule has 180 valence electrons. The average molecular weight is 479 g/mol. The average Bonchev–Trinajstić information content (AvgIpc) is 3.29. The topological polar surface area (TPSA) is 90.4 Å². The molecule has 0 aromatic carbocycles. The smallest absolute Gasteiger partial charge is 0.280 e. The second kappa shape index (κ2) is 8.19. The number of pyridine rings is 1. The van der Waals surface area contributed by atoms with Crippen molar-refractivity contribution in [2.75, 3.05) is 24.7 Å². The summed E-state index contributed by atoms with van der Waals surface area (Å²) in [4.78, 5) is 23.3. The number of aryl methyl sites for hydroxylation is 1. The highest BCUT2D eigenvalue weighted by atomic mass is 19.3. The molecule has 2 aliphatic heterocycles. The summed E-state index contributed by atoms with van der Waals surface area (Å²) in [6, 6.07) is 3.25. The van der Waals surface area contributed by atoms with E-state index in [1.54, 1.807) is 6.92 Å². The molecule has 1 saturated heterocycles. The van der Waals surface area contributed by atoms with Gasteiger partial charge in [-0.05, 0) is 25.5 Å². The van der Waals surface area contributed by atoms with Gasteiger partial charge in [-0.3, -0.25) is 14.5 Å². The van der Waals surface area contributed by atoms with Crippen molar-refractivity contribution in [3.8, 4) is 11.1 Å². The Kier molecular flexibility index (Phi) is 5.10. The van der Waals surface area contributed by atoms with Crippen LogP contribution in [-0.4, -0.2) is 49.1 Å². The molecule has 9 nitrogen and oxygen atoms in total. The number of aromatic nitrogens is 6. The Hall–Kier alpha value is -3.73. The van der Waals surface area contributed by atoms with Crippen molar-refractivity contribution in [2.24, 2.45) is 0 Å². The summed E-state index contributed by atoms with van der Waals surface area (Å²) in [5, 5.41) is 9.00.